The number of halogens is 1. The molecule has 27 heavy (non-hydrogen) atoms. The van der Waals surface area contributed by atoms with Gasteiger partial charge in [0.15, 0.2) is 0 Å². The van der Waals surface area contributed by atoms with Gasteiger partial charge in [0.1, 0.15) is 6.54 Å². The minimum absolute atomic E-state index is 0.0610. The molecule has 0 saturated carbocycles. The highest BCUT2D eigenvalue weighted by Gasteiger charge is 2.15. The number of benzene rings is 2. The molecule has 5 nitrogen and oxygen atoms in total. The molecule has 0 aliphatic heterocycles. The number of carbonyl (C=O) groups is 1. The van der Waals surface area contributed by atoms with Crippen molar-refractivity contribution in [1.82, 2.24) is 9.55 Å². The average Bonchev–Trinajstić information content (AvgIpc) is 2.65. The van der Waals surface area contributed by atoms with E-state index in [9.17, 15) is 9.59 Å². The fraction of sp³-hybridized carbons (Fsp3) is 0.190. The Morgan fingerprint density at radius 1 is 1.15 bits per heavy atom. The summed E-state index contributed by atoms with van der Waals surface area (Å²) in [7, 11) is 0. The topological polar surface area (TPSA) is 55.2 Å². The molecule has 0 bridgehead atoms. The first-order chi connectivity index (χ1) is 13.0. The second-order valence-electron chi connectivity index (χ2n) is 6.22. The number of amides is 1. The Bertz CT molecular complexity index is 1010. The number of nitrogens with zero attached hydrogens (tertiary/aromatic N) is 3. The number of anilines is 1. The summed E-state index contributed by atoms with van der Waals surface area (Å²) in [6, 6.07) is 16.3. The zero-order valence-electron chi connectivity index (χ0n) is 15.2. The molecule has 2 aromatic carbocycles. The number of hydrogen-bond acceptors (Lipinski definition) is 3. The maximum Gasteiger partial charge on any atom is 0.254 e. The van der Waals surface area contributed by atoms with Crippen LogP contribution in [0.15, 0.2) is 65.7 Å². The van der Waals surface area contributed by atoms with Crippen molar-refractivity contribution >= 4 is 23.2 Å². The molecule has 0 N–H and O–H groups in total. The van der Waals surface area contributed by atoms with Gasteiger partial charge in [-0.15, -0.1) is 0 Å². The van der Waals surface area contributed by atoms with Crippen molar-refractivity contribution in [2.75, 3.05) is 11.4 Å². The Morgan fingerprint density at radius 2 is 1.89 bits per heavy atom. The summed E-state index contributed by atoms with van der Waals surface area (Å²) >= 11 is 5.89. The maximum atomic E-state index is 12.7. The van der Waals surface area contributed by atoms with Gasteiger partial charge >= 0.3 is 0 Å². The minimum Gasteiger partial charge on any atom is -0.311 e. The molecule has 0 spiro atoms. The number of hydrogen-bond donors (Lipinski definition) is 0. The molecule has 1 heterocycles. The van der Waals surface area contributed by atoms with Gasteiger partial charge in [0.2, 0.25) is 5.91 Å². The van der Waals surface area contributed by atoms with Crippen LogP contribution in [0, 0.1) is 6.92 Å². The lowest BCUT2D eigenvalue weighted by atomic mass is 10.1. The molecule has 3 aromatic rings. The molecule has 138 valence electrons. The van der Waals surface area contributed by atoms with Crippen LogP contribution < -0.4 is 10.5 Å². The van der Waals surface area contributed by atoms with Gasteiger partial charge in [-0.25, -0.2) is 4.98 Å². The largest absolute Gasteiger partial charge is 0.311 e. The Morgan fingerprint density at radius 3 is 2.52 bits per heavy atom. The summed E-state index contributed by atoms with van der Waals surface area (Å²) in [5.74, 6) is -0.161. The molecule has 0 atom stereocenters. The molecular weight excluding hydrogens is 362 g/mol. The molecule has 0 fully saturated rings. The number of likely N-dealkylation sites (N-methyl/N-ethyl adjacent to an activating group) is 1. The number of rotatable bonds is 5. The molecule has 3 rings (SSSR count). The quantitative estimate of drug-likeness (QED) is 0.673. The lowest BCUT2D eigenvalue weighted by Crippen LogP contribution is -2.36. The van der Waals surface area contributed by atoms with Crippen molar-refractivity contribution in [1.29, 1.82) is 0 Å². The molecule has 0 radical (unpaired) electrons. The van der Waals surface area contributed by atoms with Crippen LogP contribution in [0.1, 0.15) is 12.5 Å². The van der Waals surface area contributed by atoms with Crippen LogP contribution in [0.2, 0.25) is 5.02 Å². The van der Waals surface area contributed by atoms with Gasteiger partial charge in [-0.1, -0.05) is 35.9 Å². The molecule has 1 amide bonds. The van der Waals surface area contributed by atoms with E-state index in [1.165, 1.54) is 17.0 Å². The Labute approximate surface area is 162 Å². The average molecular weight is 382 g/mol. The van der Waals surface area contributed by atoms with Gasteiger partial charge in [0.05, 0.1) is 12.0 Å². The SMILES string of the molecule is CCN(C(=O)Cn1cnc(-c2ccc(Cl)cc2)cc1=O)c1cccc(C)c1. The Hall–Kier alpha value is -2.92. The van der Waals surface area contributed by atoms with Gasteiger partial charge in [0, 0.05) is 28.9 Å². The summed E-state index contributed by atoms with van der Waals surface area (Å²) in [5, 5.41) is 0.619. The van der Waals surface area contributed by atoms with Crippen molar-refractivity contribution in [2.45, 2.75) is 20.4 Å². The Kier molecular flexibility index (Phi) is 5.72. The molecule has 0 unspecified atom stereocenters. The zero-order chi connectivity index (χ0) is 19.4. The standard InChI is InChI=1S/C21H20ClN3O2/c1-3-25(18-6-4-5-15(2)11-18)21(27)13-24-14-23-19(12-20(24)26)16-7-9-17(22)10-8-16/h4-12,14H,3,13H2,1-2H3. The lowest BCUT2D eigenvalue weighted by molar-refractivity contribution is -0.119. The second kappa shape index (κ2) is 8.18. The smallest absolute Gasteiger partial charge is 0.254 e. The van der Waals surface area contributed by atoms with Crippen LogP contribution in [-0.2, 0) is 11.3 Å². The van der Waals surface area contributed by atoms with Gasteiger partial charge in [-0.2, -0.15) is 0 Å². The van der Waals surface area contributed by atoms with Crippen LogP contribution in [-0.4, -0.2) is 22.0 Å². The van der Waals surface area contributed by atoms with Gasteiger partial charge in [-0.3, -0.25) is 14.2 Å². The van der Waals surface area contributed by atoms with Crippen molar-refractivity contribution in [3.05, 3.63) is 81.9 Å². The van der Waals surface area contributed by atoms with Crippen LogP contribution in [0.5, 0.6) is 0 Å². The summed E-state index contributed by atoms with van der Waals surface area (Å²) in [6.45, 7) is 4.35. The Balaban J connectivity index is 1.81. The van der Waals surface area contributed by atoms with Crippen LogP contribution >= 0.6 is 11.6 Å². The van der Waals surface area contributed by atoms with E-state index in [0.29, 0.717) is 17.3 Å². The third-order valence-corrected chi connectivity index (χ3v) is 4.51. The van der Waals surface area contributed by atoms with Crippen molar-refractivity contribution in [2.24, 2.45) is 0 Å². The van der Waals surface area contributed by atoms with Crippen molar-refractivity contribution in [3.8, 4) is 11.3 Å². The summed E-state index contributed by atoms with van der Waals surface area (Å²) in [5.41, 5.74) is 2.96. The normalized spacial score (nSPS) is 10.6. The fourth-order valence-electron chi connectivity index (χ4n) is 2.85. The fourth-order valence-corrected chi connectivity index (χ4v) is 2.98. The summed E-state index contributed by atoms with van der Waals surface area (Å²) < 4.78 is 1.32. The van der Waals surface area contributed by atoms with E-state index >= 15 is 0 Å². The third kappa shape index (κ3) is 4.44. The van der Waals surface area contributed by atoms with Crippen LogP contribution in [0.25, 0.3) is 11.3 Å². The van der Waals surface area contributed by atoms with E-state index in [2.05, 4.69) is 4.98 Å². The van der Waals surface area contributed by atoms with E-state index in [-0.39, 0.29) is 18.0 Å². The van der Waals surface area contributed by atoms with Gasteiger partial charge in [-0.05, 0) is 43.7 Å². The van der Waals surface area contributed by atoms with Crippen molar-refractivity contribution in [3.63, 3.8) is 0 Å². The van der Waals surface area contributed by atoms with E-state index in [1.807, 2.05) is 38.1 Å². The first-order valence-corrected chi connectivity index (χ1v) is 9.05. The lowest BCUT2D eigenvalue weighted by Gasteiger charge is -2.22. The molecule has 1 aromatic heterocycles. The third-order valence-electron chi connectivity index (χ3n) is 4.26. The van der Waals surface area contributed by atoms with Crippen LogP contribution in [0.3, 0.4) is 0 Å². The maximum absolute atomic E-state index is 12.7. The number of aryl methyl sites for hydroxylation is 1. The predicted molar refractivity (Wildman–Crippen MR) is 108 cm³/mol. The first-order valence-electron chi connectivity index (χ1n) is 8.67. The highest BCUT2D eigenvalue weighted by atomic mass is 35.5. The predicted octanol–water partition coefficient (Wildman–Crippen LogP) is 3.93. The van der Waals surface area contributed by atoms with Crippen LogP contribution in [0.4, 0.5) is 5.69 Å². The highest BCUT2D eigenvalue weighted by Crippen LogP contribution is 2.18. The van der Waals surface area contributed by atoms with E-state index in [1.54, 1.807) is 29.2 Å². The monoisotopic (exact) mass is 381 g/mol. The molecular formula is C21H20ClN3O2. The summed E-state index contributed by atoms with van der Waals surface area (Å²) in [4.78, 5) is 31.1. The van der Waals surface area contributed by atoms with Gasteiger partial charge < -0.3 is 4.90 Å². The number of aromatic nitrogens is 2. The molecule has 0 aliphatic rings. The van der Waals surface area contributed by atoms with E-state index in [4.69, 9.17) is 11.6 Å². The number of carbonyl (C=O) groups excluding carboxylic acids is 1. The van der Waals surface area contributed by atoms with E-state index < -0.39 is 0 Å². The zero-order valence-corrected chi connectivity index (χ0v) is 16.0. The van der Waals surface area contributed by atoms with Gasteiger partial charge in [0.25, 0.3) is 5.56 Å². The highest BCUT2D eigenvalue weighted by molar-refractivity contribution is 6.30. The molecule has 0 saturated heterocycles. The summed E-state index contributed by atoms with van der Waals surface area (Å²) in [6.07, 6.45) is 1.41. The minimum atomic E-state index is -0.274. The van der Waals surface area contributed by atoms with Crippen molar-refractivity contribution < 1.29 is 4.79 Å². The molecule has 6 heteroatoms. The molecule has 0 aliphatic carbocycles. The van der Waals surface area contributed by atoms with E-state index in [0.717, 1.165) is 16.8 Å². The second-order valence-corrected chi connectivity index (χ2v) is 6.66. The first kappa shape index (κ1) is 18.9.